The van der Waals surface area contributed by atoms with Gasteiger partial charge in [0.2, 0.25) is 0 Å². The van der Waals surface area contributed by atoms with Crippen molar-refractivity contribution in [3.05, 3.63) is 74.8 Å². The fraction of sp³-hybridized carbons (Fsp3) is 0.143. The highest BCUT2D eigenvalue weighted by Crippen LogP contribution is 2.41. The summed E-state index contributed by atoms with van der Waals surface area (Å²) in [5.41, 5.74) is 1.15. The minimum absolute atomic E-state index is 0.0266. The summed E-state index contributed by atoms with van der Waals surface area (Å²) >= 11 is 0. The lowest BCUT2D eigenvalue weighted by Gasteiger charge is -2.14. The summed E-state index contributed by atoms with van der Waals surface area (Å²) in [6.45, 7) is 1.34. The molecule has 0 saturated heterocycles. The van der Waals surface area contributed by atoms with Gasteiger partial charge in [0.1, 0.15) is 17.6 Å². The van der Waals surface area contributed by atoms with Crippen LogP contribution in [0.4, 0.5) is 60.7 Å². The van der Waals surface area contributed by atoms with Crippen LogP contribution in [0.15, 0.2) is 52.7 Å². The van der Waals surface area contributed by atoms with Crippen LogP contribution in [0.3, 0.4) is 0 Å². The van der Waals surface area contributed by atoms with Crippen molar-refractivity contribution < 1.29 is 31.3 Å². The van der Waals surface area contributed by atoms with Gasteiger partial charge in [-0.25, -0.2) is 4.98 Å². The molecule has 36 heavy (non-hydrogen) atoms. The molecule has 1 aromatic heterocycles. The van der Waals surface area contributed by atoms with Crippen LogP contribution in [0.2, 0.25) is 0 Å². The highest BCUT2D eigenvalue weighted by atomic mass is 19.4. The molecule has 0 spiro atoms. The Balaban J connectivity index is 2.14. The van der Waals surface area contributed by atoms with Gasteiger partial charge < -0.3 is 11.1 Å². The Kier molecular flexibility index (Phi) is 6.82. The Morgan fingerprint density at radius 2 is 1.78 bits per heavy atom. The molecular weight excluding hydrogens is 496 g/mol. The van der Waals surface area contributed by atoms with Gasteiger partial charge in [0.05, 0.1) is 27.3 Å². The first kappa shape index (κ1) is 25.9. The highest BCUT2D eigenvalue weighted by molar-refractivity contribution is 5.77. The second-order valence-electron chi connectivity index (χ2n) is 7.17. The Bertz CT molecular complexity index is 1410. The molecule has 0 saturated carbocycles. The molecule has 0 bridgehead atoms. The number of alkyl halides is 6. The zero-order chi connectivity index (χ0) is 26.8. The number of nitrogens with one attached hydrogen (secondary N) is 1. The Hall–Kier alpha value is -4.74. The van der Waals surface area contributed by atoms with Gasteiger partial charge in [0.25, 0.3) is 5.69 Å². The zero-order valence-electron chi connectivity index (χ0n) is 17.9. The Morgan fingerprint density at radius 1 is 1.08 bits per heavy atom. The van der Waals surface area contributed by atoms with Gasteiger partial charge in [0.15, 0.2) is 5.82 Å². The average Bonchev–Trinajstić information content (AvgIpc) is 2.78. The normalized spacial score (nSPS) is 11.9. The molecule has 0 amide bonds. The molecule has 15 heteroatoms. The predicted molar refractivity (Wildman–Crippen MR) is 115 cm³/mol. The maximum Gasteiger partial charge on any atom is 0.418 e. The molecule has 3 N–H and O–H groups in total. The number of nitrogen functional groups attached to an aromatic ring is 1. The number of non-ortho nitro benzene ring substituents is 1. The first-order valence-electron chi connectivity index (χ1n) is 9.64. The molecule has 0 unspecified atom stereocenters. The maximum absolute atomic E-state index is 13.5. The van der Waals surface area contributed by atoms with Gasteiger partial charge in [0, 0.05) is 23.4 Å². The summed E-state index contributed by atoms with van der Waals surface area (Å²) in [7, 11) is 0. The topological polar surface area (TPSA) is 143 Å². The number of pyridine rings is 1. The van der Waals surface area contributed by atoms with Crippen molar-refractivity contribution in [2.75, 3.05) is 11.1 Å². The third-order valence-electron chi connectivity index (χ3n) is 4.76. The fourth-order valence-electron chi connectivity index (χ4n) is 3.03. The molecule has 1 heterocycles. The molecule has 9 nitrogen and oxygen atoms in total. The number of benzene rings is 2. The lowest BCUT2D eigenvalue weighted by molar-refractivity contribution is -0.385. The number of hydrogen-bond acceptors (Lipinski definition) is 8. The van der Waals surface area contributed by atoms with E-state index in [1.165, 1.54) is 13.0 Å². The third-order valence-corrected chi connectivity index (χ3v) is 4.76. The Morgan fingerprint density at radius 3 is 2.36 bits per heavy atom. The van der Waals surface area contributed by atoms with Crippen LogP contribution in [0.5, 0.6) is 0 Å². The van der Waals surface area contributed by atoms with Crippen molar-refractivity contribution in [2.45, 2.75) is 19.3 Å². The van der Waals surface area contributed by atoms with Gasteiger partial charge in [-0.2, -0.15) is 31.6 Å². The summed E-state index contributed by atoms with van der Waals surface area (Å²) in [5, 5.41) is 30.1. The Labute approximate surface area is 198 Å². The van der Waals surface area contributed by atoms with Gasteiger partial charge in [-0.15, -0.1) is 10.2 Å². The van der Waals surface area contributed by atoms with Gasteiger partial charge in [-0.05, 0) is 31.2 Å². The quantitative estimate of drug-likeness (QED) is 0.165. The van der Waals surface area contributed by atoms with Crippen LogP contribution in [0.25, 0.3) is 0 Å². The minimum atomic E-state index is -5.02. The molecule has 3 aromatic rings. The van der Waals surface area contributed by atoms with E-state index in [1.54, 1.807) is 6.07 Å². The maximum atomic E-state index is 13.5. The second kappa shape index (κ2) is 9.49. The van der Waals surface area contributed by atoms with Gasteiger partial charge >= 0.3 is 12.4 Å². The predicted octanol–water partition coefficient (Wildman–Crippen LogP) is 6.95. The number of nitro benzene ring substituents is 1. The number of nitro groups is 1. The number of anilines is 3. The largest absolute Gasteiger partial charge is 0.418 e. The van der Waals surface area contributed by atoms with E-state index in [4.69, 9.17) is 5.73 Å². The second-order valence-corrected chi connectivity index (χ2v) is 7.17. The number of halogens is 6. The van der Waals surface area contributed by atoms with E-state index < -0.39 is 39.8 Å². The van der Waals surface area contributed by atoms with Crippen molar-refractivity contribution >= 4 is 34.4 Å². The number of nitrogens with zero attached hydrogens (tertiary/aromatic N) is 5. The van der Waals surface area contributed by atoms with Crippen molar-refractivity contribution in [1.29, 1.82) is 5.26 Å². The van der Waals surface area contributed by atoms with Gasteiger partial charge in [-0.1, -0.05) is 6.07 Å². The van der Waals surface area contributed by atoms with E-state index in [-0.39, 0.29) is 40.2 Å². The van der Waals surface area contributed by atoms with Crippen LogP contribution in [-0.2, 0) is 12.4 Å². The van der Waals surface area contributed by atoms with Crippen molar-refractivity contribution in [3.8, 4) is 6.07 Å². The summed E-state index contributed by atoms with van der Waals surface area (Å²) < 4.78 is 79.6. The molecule has 0 radical (unpaired) electrons. The molecule has 0 fully saturated rings. The van der Waals surface area contributed by atoms with Crippen molar-refractivity contribution in [3.63, 3.8) is 0 Å². The lowest BCUT2D eigenvalue weighted by atomic mass is 10.1. The minimum Gasteiger partial charge on any atom is -0.383 e. The number of aromatic nitrogens is 1. The number of hydrogen-bond donors (Lipinski definition) is 2. The number of rotatable bonds is 5. The van der Waals surface area contributed by atoms with Gasteiger partial charge in [-0.3, -0.25) is 10.1 Å². The smallest absolute Gasteiger partial charge is 0.383 e. The summed E-state index contributed by atoms with van der Waals surface area (Å²) in [5.74, 6) is -0.600. The molecule has 3 rings (SSSR count). The lowest BCUT2D eigenvalue weighted by Crippen LogP contribution is -2.07. The van der Waals surface area contributed by atoms with E-state index in [0.29, 0.717) is 0 Å². The van der Waals surface area contributed by atoms with E-state index in [2.05, 4.69) is 20.5 Å². The molecule has 186 valence electrons. The first-order chi connectivity index (χ1) is 16.7. The average molecular weight is 509 g/mol. The zero-order valence-corrected chi connectivity index (χ0v) is 17.9. The molecule has 0 aliphatic heterocycles. The number of nitrogens with two attached hydrogens (primary N) is 1. The summed E-state index contributed by atoms with van der Waals surface area (Å²) in [6.07, 6.45) is -9.68. The van der Waals surface area contributed by atoms with E-state index >= 15 is 0 Å². The molecule has 0 aliphatic rings. The fourth-order valence-corrected chi connectivity index (χ4v) is 3.03. The van der Waals surface area contributed by atoms with Crippen LogP contribution in [0.1, 0.15) is 22.3 Å². The SMILES string of the molecule is Cc1c(C#N)c(N)nc(Nc2cccc(C(F)(F)F)c2)c1/N=N/c1ccc([N+](=O)[O-])cc1C(F)(F)F. The monoisotopic (exact) mass is 509 g/mol. The van der Waals surface area contributed by atoms with E-state index in [9.17, 15) is 41.7 Å². The van der Waals surface area contributed by atoms with Crippen LogP contribution < -0.4 is 11.1 Å². The molecule has 0 aliphatic carbocycles. The first-order valence-corrected chi connectivity index (χ1v) is 9.64. The highest BCUT2D eigenvalue weighted by Gasteiger charge is 2.35. The van der Waals surface area contributed by atoms with Crippen LogP contribution in [-0.4, -0.2) is 9.91 Å². The standard InChI is InChI=1S/C21H13F6N7O2/c1-10-14(9-28)18(29)31-19(30-12-4-2-3-11(7-12)20(22,23)24)17(10)33-32-16-6-5-13(34(35)36)8-15(16)21(25,26)27/h2-8H,1H3,(H3,29,30,31)/b33-32+. The van der Waals surface area contributed by atoms with E-state index in [0.717, 1.165) is 30.3 Å². The van der Waals surface area contributed by atoms with Crippen molar-refractivity contribution in [2.24, 2.45) is 10.2 Å². The molecule has 2 aromatic carbocycles. The van der Waals surface area contributed by atoms with Crippen LogP contribution >= 0.6 is 0 Å². The summed E-state index contributed by atoms with van der Waals surface area (Å²) in [6, 6.07) is 7.52. The van der Waals surface area contributed by atoms with Crippen molar-refractivity contribution in [1.82, 2.24) is 4.98 Å². The summed E-state index contributed by atoms with van der Waals surface area (Å²) in [4.78, 5) is 13.8. The third kappa shape index (κ3) is 5.49. The number of nitriles is 1. The molecular formula is C21H13F6N7O2. The molecule has 0 atom stereocenters. The number of azo groups is 1. The van der Waals surface area contributed by atoms with E-state index in [1.807, 2.05) is 0 Å². The van der Waals surface area contributed by atoms with Crippen LogP contribution in [0, 0.1) is 28.4 Å².